The molecule has 1 aromatic heterocycles. The van der Waals surface area contributed by atoms with E-state index in [1.165, 1.54) is 16.8 Å². The van der Waals surface area contributed by atoms with E-state index in [2.05, 4.69) is 5.10 Å². The molecular formula is C13H13N3O3. The van der Waals surface area contributed by atoms with Gasteiger partial charge in [-0.3, -0.25) is 14.9 Å². The molecule has 6 heteroatoms. The zero-order valence-electron chi connectivity index (χ0n) is 10.6. The first-order chi connectivity index (χ1) is 9.02. The molecule has 19 heavy (non-hydrogen) atoms. The molecule has 0 spiro atoms. The van der Waals surface area contributed by atoms with Crippen molar-refractivity contribution in [2.24, 2.45) is 0 Å². The number of hydrogen-bond acceptors (Lipinski definition) is 4. The highest BCUT2D eigenvalue weighted by molar-refractivity contribution is 5.76. The van der Waals surface area contributed by atoms with Crippen LogP contribution in [0.15, 0.2) is 30.5 Å². The predicted molar refractivity (Wildman–Crippen MR) is 69.7 cm³/mol. The molecule has 0 saturated heterocycles. The third-order valence-corrected chi connectivity index (χ3v) is 2.75. The second-order valence-electron chi connectivity index (χ2n) is 4.46. The Labute approximate surface area is 109 Å². The van der Waals surface area contributed by atoms with Gasteiger partial charge in [0.1, 0.15) is 0 Å². The van der Waals surface area contributed by atoms with E-state index >= 15 is 0 Å². The van der Waals surface area contributed by atoms with E-state index in [4.69, 9.17) is 0 Å². The quantitative estimate of drug-likeness (QED) is 0.480. The highest BCUT2D eigenvalue weighted by Crippen LogP contribution is 2.20. The number of benzene rings is 1. The minimum Gasteiger partial charge on any atom is -0.298 e. The molecule has 0 atom stereocenters. The molecule has 0 bridgehead atoms. The topological polar surface area (TPSA) is 78.0 Å². The number of aromatic nitrogens is 2. The van der Waals surface area contributed by atoms with E-state index in [1.807, 2.05) is 13.8 Å². The Bertz CT molecular complexity index is 632. The first-order valence-electron chi connectivity index (χ1n) is 5.82. The van der Waals surface area contributed by atoms with Crippen molar-refractivity contribution in [3.05, 3.63) is 51.8 Å². The van der Waals surface area contributed by atoms with E-state index in [9.17, 15) is 14.9 Å². The van der Waals surface area contributed by atoms with Crippen LogP contribution >= 0.6 is 0 Å². The minimum atomic E-state index is -0.461. The van der Waals surface area contributed by atoms with Crippen molar-refractivity contribution in [1.29, 1.82) is 0 Å². The van der Waals surface area contributed by atoms with Crippen molar-refractivity contribution >= 4 is 12.0 Å². The summed E-state index contributed by atoms with van der Waals surface area (Å²) in [6.07, 6.45) is 2.33. The normalized spacial score (nSPS) is 10.7. The van der Waals surface area contributed by atoms with Gasteiger partial charge in [-0.05, 0) is 12.0 Å². The Morgan fingerprint density at radius 1 is 1.42 bits per heavy atom. The zero-order chi connectivity index (χ0) is 14.0. The van der Waals surface area contributed by atoms with E-state index < -0.39 is 4.92 Å². The van der Waals surface area contributed by atoms with Crippen molar-refractivity contribution in [2.45, 2.75) is 19.8 Å². The third kappa shape index (κ3) is 2.52. The maximum atomic E-state index is 11.0. The van der Waals surface area contributed by atoms with E-state index in [0.29, 0.717) is 16.9 Å². The summed E-state index contributed by atoms with van der Waals surface area (Å²) in [4.78, 5) is 21.3. The van der Waals surface area contributed by atoms with Gasteiger partial charge in [-0.15, -0.1) is 0 Å². The summed E-state index contributed by atoms with van der Waals surface area (Å²) in [5, 5.41) is 15.1. The largest absolute Gasteiger partial charge is 0.298 e. The predicted octanol–water partition coefficient (Wildman–Crippen LogP) is 2.72. The van der Waals surface area contributed by atoms with Crippen molar-refractivity contribution in [3.8, 4) is 5.69 Å². The zero-order valence-corrected chi connectivity index (χ0v) is 10.6. The van der Waals surface area contributed by atoms with Crippen LogP contribution in [0.5, 0.6) is 0 Å². The number of aldehydes is 1. The van der Waals surface area contributed by atoms with Crippen LogP contribution in [0.1, 0.15) is 35.8 Å². The summed E-state index contributed by atoms with van der Waals surface area (Å²) in [5.74, 6) is 0.111. The average molecular weight is 259 g/mol. The molecular weight excluding hydrogens is 246 g/mol. The number of nitro groups is 1. The Hall–Kier alpha value is -2.50. The number of nitro benzene ring substituents is 1. The first kappa shape index (κ1) is 12.9. The van der Waals surface area contributed by atoms with Gasteiger partial charge in [-0.2, -0.15) is 5.10 Å². The van der Waals surface area contributed by atoms with Gasteiger partial charge in [0.15, 0.2) is 6.29 Å². The molecule has 0 radical (unpaired) electrons. The fourth-order valence-electron chi connectivity index (χ4n) is 1.82. The summed E-state index contributed by atoms with van der Waals surface area (Å²) in [6, 6.07) is 6.13. The minimum absolute atomic E-state index is 0.00764. The van der Waals surface area contributed by atoms with Gasteiger partial charge >= 0.3 is 0 Å². The number of nitrogens with zero attached hydrogens (tertiary/aromatic N) is 3. The lowest BCUT2D eigenvalue weighted by Crippen LogP contribution is -1.98. The van der Waals surface area contributed by atoms with Crippen LogP contribution in [0.2, 0.25) is 0 Å². The Kier molecular flexibility index (Phi) is 3.41. The van der Waals surface area contributed by atoms with Crippen LogP contribution in [-0.4, -0.2) is 21.0 Å². The number of carbonyl (C=O) groups is 1. The number of carbonyl (C=O) groups excluding carboxylic acids is 1. The Morgan fingerprint density at radius 2 is 2.16 bits per heavy atom. The van der Waals surface area contributed by atoms with Crippen LogP contribution in [0.4, 0.5) is 5.69 Å². The molecule has 0 N–H and O–H groups in total. The van der Waals surface area contributed by atoms with Gasteiger partial charge in [0.2, 0.25) is 0 Å². The molecule has 0 aliphatic heterocycles. The molecule has 0 fully saturated rings. The molecule has 1 aromatic carbocycles. The number of hydrogen-bond donors (Lipinski definition) is 0. The van der Waals surface area contributed by atoms with E-state index in [1.54, 1.807) is 18.3 Å². The van der Waals surface area contributed by atoms with Crippen LogP contribution < -0.4 is 0 Å². The fourth-order valence-corrected chi connectivity index (χ4v) is 1.82. The number of non-ortho nitro benzene ring substituents is 1. The van der Waals surface area contributed by atoms with E-state index in [0.717, 1.165) is 6.29 Å². The van der Waals surface area contributed by atoms with Gasteiger partial charge in [-0.1, -0.05) is 19.9 Å². The summed E-state index contributed by atoms with van der Waals surface area (Å²) in [6.45, 7) is 3.88. The molecule has 1 heterocycles. The molecule has 0 aliphatic rings. The van der Waals surface area contributed by atoms with Gasteiger partial charge in [0.25, 0.3) is 5.69 Å². The van der Waals surface area contributed by atoms with Gasteiger partial charge < -0.3 is 0 Å². The molecule has 0 amide bonds. The maximum absolute atomic E-state index is 11.0. The van der Waals surface area contributed by atoms with Crippen molar-refractivity contribution in [2.75, 3.05) is 0 Å². The SMILES string of the molecule is CC(C)c1nn(-c2cccc([N+](=O)[O-])c2)cc1C=O. The molecule has 0 unspecified atom stereocenters. The molecule has 2 aromatic rings. The lowest BCUT2D eigenvalue weighted by Gasteiger charge is -2.02. The average Bonchev–Trinajstić information content (AvgIpc) is 2.83. The van der Waals surface area contributed by atoms with Crippen LogP contribution in [-0.2, 0) is 0 Å². The summed E-state index contributed by atoms with van der Waals surface area (Å²) >= 11 is 0. The number of rotatable bonds is 4. The van der Waals surface area contributed by atoms with Crippen molar-refractivity contribution in [3.63, 3.8) is 0 Å². The Morgan fingerprint density at radius 3 is 2.68 bits per heavy atom. The van der Waals surface area contributed by atoms with Gasteiger partial charge in [0.05, 0.1) is 21.9 Å². The Balaban J connectivity index is 2.50. The monoisotopic (exact) mass is 259 g/mol. The molecule has 0 aliphatic carbocycles. The summed E-state index contributed by atoms with van der Waals surface area (Å²) in [7, 11) is 0. The van der Waals surface area contributed by atoms with Crippen LogP contribution in [0.3, 0.4) is 0 Å². The lowest BCUT2D eigenvalue weighted by molar-refractivity contribution is -0.384. The van der Waals surface area contributed by atoms with Gasteiger partial charge in [-0.25, -0.2) is 4.68 Å². The van der Waals surface area contributed by atoms with Crippen molar-refractivity contribution in [1.82, 2.24) is 9.78 Å². The summed E-state index contributed by atoms with van der Waals surface area (Å²) in [5.41, 5.74) is 1.74. The fraction of sp³-hybridized carbons (Fsp3) is 0.231. The van der Waals surface area contributed by atoms with Gasteiger partial charge in [0, 0.05) is 18.3 Å². The second-order valence-corrected chi connectivity index (χ2v) is 4.46. The lowest BCUT2D eigenvalue weighted by atomic mass is 10.1. The molecule has 0 saturated carbocycles. The first-order valence-corrected chi connectivity index (χ1v) is 5.82. The standard InChI is InChI=1S/C13H13N3O3/c1-9(2)13-10(8-17)7-15(14-13)11-4-3-5-12(6-11)16(18)19/h3-9H,1-2H3. The smallest absolute Gasteiger partial charge is 0.271 e. The molecule has 6 nitrogen and oxygen atoms in total. The highest BCUT2D eigenvalue weighted by atomic mass is 16.6. The molecule has 2 rings (SSSR count). The van der Waals surface area contributed by atoms with Crippen LogP contribution in [0, 0.1) is 10.1 Å². The molecule has 98 valence electrons. The van der Waals surface area contributed by atoms with E-state index in [-0.39, 0.29) is 11.6 Å². The van der Waals surface area contributed by atoms with Crippen molar-refractivity contribution < 1.29 is 9.72 Å². The highest BCUT2D eigenvalue weighted by Gasteiger charge is 2.14. The second kappa shape index (κ2) is 5.01. The maximum Gasteiger partial charge on any atom is 0.271 e. The summed E-state index contributed by atoms with van der Waals surface area (Å²) < 4.78 is 1.49. The van der Waals surface area contributed by atoms with Crippen LogP contribution in [0.25, 0.3) is 5.69 Å². The third-order valence-electron chi connectivity index (χ3n) is 2.75.